The van der Waals surface area contributed by atoms with Crippen LogP contribution in [0.3, 0.4) is 0 Å². The first kappa shape index (κ1) is 13.1. The maximum Gasteiger partial charge on any atom is 0.253 e. The third kappa shape index (κ3) is 2.73. The summed E-state index contributed by atoms with van der Waals surface area (Å²) in [5, 5.41) is 8.85. The SMILES string of the molecule is CC1CCN(C(=O)c2cccc(C#N)c2)CC1Br. The first-order valence-corrected chi connectivity index (χ1v) is 6.97. The van der Waals surface area contributed by atoms with Crippen LogP contribution in [0.5, 0.6) is 0 Å². The van der Waals surface area contributed by atoms with E-state index < -0.39 is 0 Å². The topological polar surface area (TPSA) is 44.1 Å². The Kier molecular flexibility index (Phi) is 4.03. The number of nitrogens with zero attached hydrogens (tertiary/aromatic N) is 2. The lowest BCUT2D eigenvalue weighted by Gasteiger charge is -2.34. The van der Waals surface area contributed by atoms with Crippen molar-refractivity contribution >= 4 is 21.8 Å². The van der Waals surface area contributed by atoms with Gasteiger partial charge in [-0.3, -0.25) is 4.79 Å². The molecule has 0 aromatic heterocycles. The standard InChI is InChI=1S/C14H15BrN2O/c1-10-5-6-17(9-13(10)15)14(18)12-4-2-3-11(7-12)8-16/h2-4,7,10,13H,5-6,9H2,1H3. The van der Waals surface area contributed by atoms with Gasteiger partial charge in [0.2, 0.25) is 0 Å². The molecule has 2 unspecified atom stereocenters. The monoisotopic (exact) mass is 306 g/mol. The Morgan fingerprint density at radius 2 is 2.33 bits per heavy atom. The van der Waals surface area contributed by atoms with E-state index in [1.165, 1.54) is 0 Å². The van der Waals surface area contributed by atoms with Gasteiger partial charge in [-0.25, -0.2) is 0 Å². The van der Waals surface area contributed by atoms with Crippen LogP contribution in [0.25, 0.3) is 0 Å². The van der Waals surface area contributed by atoms with Gasteiger partial charge < -0.3 is 4.90 Å². The summed E-state index contributed by atoms with van der Waals surface area (Å²) in [6.07, 6.45) is 1.01. The third-order valence-corrected chi connectivity index (χ3v) is 4.58. The quantitative estimate of drug-likeness (QED) is 0.749. The average Bonchev–Trinajstić information content (AvgIpc) is 2.41. The lowest BCUT2D eigenvalue weighted by atomic mass is 9.98. The van der Waals surface area contributed by atoms with Gasteiger partial charge in [0.1, 0.15) is 0 Å². The molecule has 1 aromatic rings. The van der Waals surface area contributed by atoms with E-state index in [1.807, 2.05) is 4.90 Å². The van der Waals surface area contributed by atoms with Gasteiger partial charge in [-0.1, -0.05) is 28.9 Å². The number of halogens is 1. The lowest BCUT2D eigenvalue weighted by molar-refractivity contribution is 0.0706. The van der Waals surface area contributed by atoms with Gasteiger partial charge in [0.05, 0.1) is 11.6 Å². The highest BCUT2D eigenvalue weighted by Crippen LogP contribution is 2.24. The molecule has 0 N–H and O–H groups in total. The van der Waals surface area contributed by atoms with E-state index in [4.69, 9.17) is 5.26 Å². The van der Waals surface area contributed by atoms with Crippen molar-refractivity contribution in [3.63, 3.8) is 0 Å². The summed E-state index contributed by atoms with van der Waals surface area (Å²) in [5.41, 5.74) is 1.13. The molecular formula is C14H15BrN2O. The first-order chi connectivity index (χ1) is 8.61. The molecular weight excluding hydrogens is 292 g/mol. The number of alkyl halides is 1. The van der Waals surface area contributed by atoms with E-state index in [2.05, 4.69) is 28.9 Å². The van der Waals surface area contributed by atoms with Crippen LogP contribution in [0.1, 0.15) is 29.3 Å². The van der Waals surface area contributed by atoms with Crippen LogP contribution in [0.15, 0.2) is 24.3 Å². The molecule has 1 heterocycles. The Bertz CT molecular complexity index is 495. The zero-order valence-electron chi connectivity index (χ0n) is 10.3. The molecule has 0 radical (unpaired) electrons. The molecule has 0 saturated carbocycles. The minimum absolute atomic E-state index is 0.0171. The van der Waals surface area contributed by atoms with Gasteiger partial charge in [0.15, 0.2) is 0 Å². The second-order valence-electron chi connectivity index (χ2n) is 4.73. The van der Waals surface area contributed by atoms with Crippen molar-refractivity contribution < 1.29 is 4.79 Å². The molecule has 1 fully saturated rings. The third-order valence-electron chi connectivity index (χ3n) is 3.39. The number of rotatable bonds is 1. The van der Waals surface area contributed by atoms with Gasteiger partial charge in [-0.05, 0) is 30.5 Å². The molecule has 0 spiro atoms. The Morgan fingerprint density at radius 3 is 3.00 bits per heavy atom. The molecule has 0 bridgehead atoms. The van der Waals surface area contributed by atoms with Gasteiger partial charge in [0.25, 0.3) is 5.91 Å². The number of piperidine rings is 1. The number of likely N-dealkylation sites (tertiary alicyclic amines) is 1. The van der Waals surface area contributed by atoms with E-state index in [0.29, 0.717) is 21.9 Å². The molecule has 1 saturated heterocycles. The molecule has 4 heteroatoms. The summed E-state index contributed by atoms with van der Waals surface area (Å²) in [4.78, 5) is 14.5. The minimum Gasteiger partial charge on any atom is -0.338 e. The average molecular weight is 307 g/mol. The van der Waals surface area contributed by atoms with Gasteiger partial charge in [-0.15, -0.1) is 0 Å². The van der Waals surface area contributed by atoms with Crippen molar-refractivity contribution in [1.82, 2.24) is 4.90 Å². The highest BCUT2D eigenvalue weighted by molar-refractivity contribution is 9.09. The maximum atomic E-state index is 12.3. The lowest BCUT2D eigenvalue weighted by Crippen LogP contribution is -2.43. The van der Waals surface area contributed by atoms with Gasteiger partial charge >= 0.3 is 0 Å². The molecule has 3 nitrogen and oxygen atoms in total. The molecule has 1 aromatic carbocycles. The molecule has 0 aliphatic carbocycles. The number of benzene rings is 1. The van der Waals surface area contributed by atoms with Crippen LogP contribution < -0.4 is 0 Å². The minimum atomic E-state index is 0.0171. The fraction of sp³-hybridized carbons (Fsp3) is 0.429. The van der Waals surface area contributed by atoms with Gasteiger partial charge in [0, 0.05) is 23.5 Å². The summed E-state index contributed by atoms with van der Waals surface area (Å²) in [6, 6.07) is 8.95. The van der Waals surface area contributed by atoms with Crippen molar-refractivity contribution in [2.45, 2.75) is 18.2 Å². The molecule has 1 amide bonds. The normalized spacial score (nSPS) is 23.5. The van der Waals surface area contributed by atoms with Crippen LogP contribution in [-0.2, 0) is 0 Å². The molecule has 94 valence electrons. The highest BCUT2D eigenvalue weighted by atomic mass is 79.9. The summed E-state index contributed by atoms with van der Waals surface area (Å²) in [7, 11) is 0. The fourth-order valence-corrected chi connectivity index (χ4v) is 2.72. The summed E-state index contributed by atoms with van der Waals surface area (Å²) >= 11 is 3.62. The summed E-state index contributed by atoms with van der Waals surface area (Å²) < 4.78 is 0. The van der Waals surface area contributed by atoms with Crippen LogP contribution in [0, 0.1) is 17.2 Å². The second kappa shape index (κ2) is 5.53. The number of hydrogen-bond donors (Lipinski definition) is 0. The molecule has 1 aliphatic rings. The van der Waals surface area contributed by atoms with Crippen molar-refractivity contribution in [2.75, 3.05) is 13.1 Å². The van der Waals surface area contributed by atoms with Crippen LogP contribution in [0.2, 0.25) is 0 Å². The largest absolute Gasteiger partial charge is 0.338 e. The highest BCUT2D eigenvalue weighted by Gasteiger charge is 2.27. The van der Waals surface area contributed by atoms with E-state index in [-0.39, 0.29) is 5.91 Å². The smallest absolute Gasteiger partial charge is 0.253 e. The predicted octanol–water partition coefficient (Wildman–Crippen LogP) is 2.80. The van der Waals surface area contributed by atoms with Crippen molar-refractivity contribution in [1.29, 1.82) is 5.26 Å². The number of amides is 1. The Labute approximate surface area is 116 Å². The Hall–Kier alpha value is -1.34. The van der Waals surface area contributed by atoms with E-state index in [9.17, 15) is 4.79 Å². The fourth-order valence-electron chi connectivity index (χ4n) is 2.11. The van der Waals surface area contributed by atoms with Gasteiger partial charge in [-0.2, -0.15) is 5.26 Å². The van der Waals surface area contributed by atoms with E-state index >= 15 is 0 Å². The van der Waals surface area contributed by atoms with E-state index in [1.54, 1.807) is 24.3 Å². The number of hydrogen-bond acceptors (Lipinski definition) is 2. The second-order valence-corrected chi connectivity index (χ2v) is 5.90. The van der Waals surface area contributed by atoms with E-state index in [0.717, 1.165) is 19.5 Å². The zero-order valence-corrected chi connectivity index (χ0v) is 11.9. The predicted molar refractivity (Wildman–Crippen MR) is 73.6 cm³/mol. The van der Waals surface area contributed by atoms with Crippen molar-refractivity contribution in [2.24, 2.45) is 5.92 Å². The Morgan fingerprint density at radius 1 is 1.56 bits per heavy atom. The first-order valence-electron chi connectivity index (χ1n) is 6.05. The number of nitriles is 1. The molecule has 18 heavy (non-hydrogen) atoms. The van der Waals surface area contributed by atoms with Crippen LogP contribution in [0.4, 0.5) is 0 Å². The van der Waals surface area contributed by atoms with Crippen LogP contribution >= 0.6 is 15.9 Å². The molecule has 1 aliphatic heterocycles. The molecule has 2 atom stereocenters. The summed E-state index contributed by atoms with van der Waals surface area (Å²) in [5.74, 6) is 0.614. The number of carbonyl (C=O) groups excluding carboxylic acids is 1. The van der Waals surface area contributed by atoms with Crippen molar-refractivity contribution in [3.05, 3.63) is 35.4 Å². The number of carbonyl (C=O) groups is 1. The zero-order chi connectivity index (χ0) is 13.1. The maximum absolute atomic E-state index is 12.3. The van der Waals surface area contributed by atoms with Crippen LogP contribution in [-0.4, -0.2) is 28.7 Å². The summed E-state index contributed by atoms with van der Waals surface area (Å²) in [6.45, 7) is 3.72. The molecule has 2 rings (SSSR count). The Balaban J connectivity index is 2.14. The van der Waals surface area contributed by atoms with Crippen molar-refractivity contribution in [3.8, 4) is 6.07 Å².